The first-order valence-electron chi connectivity index (χ1n) is 9.55. The summed E-state index contributed by atoms with van der Waals surface area (Å²) in [6.45, 7) is 2.08. The molecule has 0 spiro atoms. The van der Waals surface area contributed by atoms with Crippen LogP contribution in [0.4, 0.5) is 11.6 Å². The number of ether oxygens (including phenoxy) is 1. The van der Waals surface area contributed by atoms with E-state index in [-0.39, 0.29) is 12.6 Å². The van der Waals surface area contributed by atoms with Gasteiger partial charge in [-0.15, -0.1) is 0 Å². The van der Waals surface area contributed by atoms with E-state index in [0.717, 1.165) is 28.5 Å². The molecule has 0 aliphatic heterocycles. The van der Waals surface area contributed by atoms with E-state index in [1.165, 1.54) is 12.8 Å². The Bertz CT molecular complexity index is 1120. The zero-order chi connectivity index (χ0) is 19.6. The van der Waals surface area contributed by atoms with Crippen molar-refractivity contribution in [2.45, 2.75) is 32.3 Å². The number of hydrogen-bond acceptors (Lipinski definition) is 7. The maximum atomic E-state index is 5.73. The highest BCUT2D eigenvalue weighted by Gasteiger charge is 2.25. The molecule has 0 radical (unpaired) electrons. The van der Waals surface area contributed by atoms with E-state index >= 15 is 0 Å². The highest BCUT2D eigenvalue weighted by Crippen LogP contribution is 2.39. The number of H-pyrrole nitrogens is 1. The van der Waals surface area contributed by atoms with Crippen LogP contribution in [-0.4, -0.2) is 25.3 Å². The number of aromatic amines is 1. The Morgan fingerprint density at radius 1 is 1.10 bits per heavy atom. The number of nitrogens with zero attached hydrogens (tertiary/aromatic N) is 4. The van der Waals surface area contributed by atoms with Crippen LogP contribution < -0.4 is 10.1 Å². The Morgan fingerprint density at radius 2 is 1.97 bits per heavy atom. The zero-order valence-corrected chi connectivity index (χ0v) is 15.9. The van der Waals surface area contributed by atoms with E-state index in [9.17, 15) is 0 Å². The molecule has 0 atom stereocenters. The van der Waals surface area contributed by atoms with Crippen LogP contribution >= 0.6 is 0 Å². The van der Waals surface area contributed by atoms with Crippen molar-refractivity contribution in [3.63, 3.8) is 0 Å². The molecule has 8 heteroatoms. The first kappa shape index (κ1) is 17.4. The van der Waals surface area contributed by atoms with Gasteiger partial charge >= 0.3 is 6.01 Å². The monoisotopic (exact) mass is 388 g/mol. The van der Waals surface area contributed by atoms with Gasteiger partial charge in [-0.3, -0.25) is 5.10 Å². The van der Waals surface area contributed by atoms with Gasteiger partial charge < -0.3 is 14.6 Å². The summed E-state index contributed by atoms with van der Waals surface area (Å²) in [4.78, 5) is 8.75. The fourth-order valence-corrected chi connectivity index (χ4v) is 3.07. The van der Waals surface area contributed by atoms with Crippen molar-refractivity contribution in [1.29, 1.82) is 0 Å². The summed E-state index contributed by atoms with van der Waals surface area (Å²) >= 11 is 0. The molecule has 5 rings (SSSR count). The molecule has 3 aromatic heterocycles. The molecule has 4 aromatic rings. The Labute approximate surface area is 167 Å². The lowest BCUT2D eigenvalue weighted by Gasteiger charge is -2.06. The third kappa shape index (κ3) is 4.11. The van der Waals surface area contributed by atoms with Gasteiger partial charge in [0.2, 0.25) is 0 Å². The number of nitrogens with one attached hydrogen (secondary N) is 2. The van der Waals surface area contributed by atoms with Crippen LogP contribution in [0.1, 0.15) is 35.9 Å². The Morgan fingerprint density at radius 3 is 2.79 bits per heavy atom. The number of rotatable bonds is 7. The third-order valence-corrected chi connectivity index (χ3v) is 4.68. The van der Waals surface area contributed by atoms with Gasteiger partial charge in [0.05, 0.1) is 0 Å². The highest BCUT2D eigenvalue weighted by atomic mass is 16.5. The molecule has 8 nitrogen and oxygen atoms in total. The van der Waals surface area contributed by atoms with E-state index in [2.05, 4.69) is 30.6 Å². The lowest BCUT2D eigenvalue weighted by atomic mass is 10.1. The summed E-state index contributed by atoms with van der Waals surface area (Å²) in [5.74, 6) is 2.58. The summed E-state index contributed by atoms with van der Waals surface area (Å²) in [5.41, 5.74) is 3.71. The largest absolute Gasteiger partial charge is 0.455 e. The van der Waals surface area contributed by atoms with Crippen molar-refractivity contribution in [1.82, 2.24) is 25.3 Å². The summed E-state index contributed by atoms with van der Waals surface area (Å²) in [5, 5.41) is 14.7. The van der Waals surface area contributed by atoms with Gasteiger partial charge in [-0.25, -0.2) is 4.98 Å². The average molecular weight is 388 g/mol. The summed E-state index contributed by atoms with van der Waals surface area (Å²) in [6.07, 6.45) is 2.44. The molecular weight excluding hydrogens is 368 g/mol. The number of anilines is 2. The molecule has 0 unspecified atom stereocenters. The number of benzene rings is 1. The molecule has 29 heavy (non-hydrogen) atoms. The van der Waals surface area contributed by atoms with Gasteiger partial charge in [0.25, 0.3) is 0 Å². The average Bonchev–Trinajstić information content (AvgIpc) is 3.29. The van der Waals surface area contributed by atoms with Crippen LogP contribution in [0.15, 0.2) is 53.1 Å². The van der Waals surface area contributed by atoms with Crippen LogP contribution in [0.3, 0.4) is 0 Å². The molecule has 0 amide bonds. The molecule has 3 heterocycles. The number of aromatic nitrogens is 5. The van der Waals surface area contributed by atoms with E-state index in [1.807, 2.05) is 55.5 Å². The molecule has 1 aliphatic rings. The molecule has 2 N–H and O–H groups in total. The predicted octanol–water partition coefficient (Wildman–Crippen LogP) is 4.36. The van der Waals surface area contributed by atoms with Crippen LogP contribution in [0.5, 0.6) is 6.01 Å². The molecule has 1 saturated carbocycles. The van der Waals surface area contributed by atoms with E-state index in [1.54, 1.807) is 0 Å². The van der Waals surface area contributed by atoms with Crippen LogP contribution in [-0.2, 0) is 6.61 Å². The maximum Gasteiger partial charge on any atom is 0.319 e. The molecule has 1 aromatic carbocycles. The van der Waals surface area contributed by atoms with Gasteiger partial charge in [-0.05, 0) is 19.8 Å². The van der Waals surface area contributed by atoms with Crippen molar-refractivity contribution in [2.24, 2.45) is 0 Å². The first-order valence-corrected chi connectivity index (χ1v) is 9.55. The standard InChI is InChI=1S/C21H20N6O2/c1-13-9-19(23-20-11-17(25-26-20)15-7-8-15)24-21(22-13)28-12-16-10-18(27-29-16)14-5-3-2-4-6-14/h2-6,9-11,15H,7-8,12H2,1H3,(H2,22,23,24,25,26). The van der Waals surface area contributed by atoms with E-state index in [4.69, 9.17) is 9.26 Å². The second kappa shape index (κ2) is 7.38. The normalized spacial score (nSPS) is 13.4. The number of hydrogen-bond donors (Lipinski definition) is 2. The summed E-state index contributed by atoms with van der Waals surface area (Å²) in [6, 6.07) is 15.8. The lowest BCUT2D eigenvalue weighted by Crippen LogP contribution is -2.03. The quantitative estimate of drug-likeness (QED) is 0.485. The third-order valence-electron chi connectivity index (χ3n) is 4.68. The lowest BCUT2D eigenvalue weighted by molar-refractivity contribution is 0.233. The van der Waals surface area contributed by atoms with Crippen molar-refractivity contribution in [3.05, 3.63) is 65.7 Å². The summed E-state index contributed by atoms with van der Waals surface area (Å²) < 4.78 is 11.1. The van der Waals surface area contributed by atoms with Gasteiger partial charge in [0.1, 0.15) is 11.5 Å². The molecule has 1 fully saturated rings. The van der Waals surface area contributed by atoms with Crippen LogP contribution in [0.2, 0.25) is 0 Å². The molecule has 0 bridgehead atoms. The Balaban J connectivity index is 1.26. The molecule has 1 aliphatic carbocycles. The Kier molecular flexibility index (Phi) is 4.44. The van der Waals surface area contributed by atoms with Gasteiger partial charge in [0.15, 0.2) is 18.2 Å². The fraction of sp³-hybridized carbons (Fsp3) is 0.238. The van der Waals surface area contributed by atoms with Gasteiger partial charge in [-0.2, -0.15) is 10.1 Å². The molecular formula is C21H20N6O2. The fourth-order valence-electron chi connectivity index (χ4n) is 3.07. The van der Waals surface area contributed by atoms with Crippen molar-refractivity contribution in [2.75, 3.05) is 5.32 Å². The predicted molar refractivity (Wildman–Crippen MR) is 107 cm³/mol. The first-order chi connectivity index (χ1) is 14.2. The van der Waals surface area contributed by atoms with Gasteiger partial charge in [0, 0.05) is 41.1 Å². The highest BCUT2D eigenvalue weighted by molar-refractivity contribution is 5.58. The SMILES string of the molecule is Cc1cc(Nc2cc(C3CC3)[nH]n2)nc(OCc2cc(-c3ccccc3)no2)n1. The zero-order valence-electron chi connectivity index (χ0n) is 15.9. The van der Waals surface area contributed by atoms with Crippen molar-refractivity contribution >= 4 is 11.6 Å². The smallest absolute Gasteiger partial charge is 0.319 e. The van der Waals surface area contributed by atoms with Crippen LogP contribution in [0, 0.1) is 6.92 Å². The minimum Gasteiger partial charge on any atom is -0.455 e. The van der Waals surface area contributed by atoms with E-state index < -0.39 is 0 Å². The molecule has 0 saturated heterocycles. The van der Waals surface area contributed by atoms with Crippen molar-refractivity contribution < 1.29 is 9.26 Å². The second-order valence-electron chi connectivity index (χ2n) is 7.12. The number of aryl methyl sites for hydroxylation is 1. The van der Waals surface area contributed by atoms with E-state index in [0.29, 0.717) is 17.5 Å². The topological polar surface area (TPSA) is 102 Å². The maximum absolute atomic E-state index is 5.73. The van der Waals surface area contributed by atoms with Crippen LogP contribution in [0.25, 0.3) is 11.3 Å². The minimum absolute atomic E-state index is 0.191. The second-order valence-corrected chi connectivity index (χ2v) is 7.12. The summed E-state index contributed by atoms with van der Waals surface area (Å²) in [7, 11) is 0. The van der Waals surface area contributed by atoms with Gasteiger partial charge in [-0.1, -0.05) is 35.5 Å². The molecule has 146 valence electrons. The van der Waals surface area contributed by atoms with Crippen molar-refractivity contribution in [3.8, 4) is 17.3 Å². The minimum atomic E-state index is 0.191. The Hall–Kier alpha value is -3.68.